The Balaban J connectivity index is 2.06. The van der Waals surface area contributed by atoms with E-state index in [9.17, 15) is 0 Å². The number of allylic oxidation sites excluding steroid dienone is 6. The van der Waals surface area contributed by atoms with Crippen LogP contribution in [0.3, 0.4) is 0 Å². The first-order chi connectivity index (χ1) is 7.43. The summed E-state index contributed by atoms with van der Waals surface area (Å²) in [5, 5.41) is 0. The third-order valence-electron chi connectivity index (χ3n) is 3.20. The molecule has 0 spiro atoms. The maximum absolute atomic E-state index is 2.30. The molecule has 15 heavy (non-hydrogen) atoms. The quantitative estimate of drug-likeness (QED) is 0.592. The molecule has 0 unspecified atom stereocenters. The van der Waals surface area contributed by atoms with Gasteiger partial charge in [0.2, 0.25) is 0 Å². The lowest BCUT2D eigenvalue weighted by atomic mass is 9.86. The average Bonchev–Trinajstić information content (AvgIpc) is 2.50. The number of hydrogen-bond acceptors (Lipinski definition) is 0. The predicted octanol–water partition coefficient (Wildman–Crippen LogP) is 3.60. The van der Waals surface area contributed by atoms with Crippen LogP contribution in [0.2, 0.25) is 0 Å². The van der Waals surface area contributed by atoms with Crippen molar-refractivity contribution >= 4 is 0 Å². The molecule has 0 atom stereocenters. The van der Waals surface area contributed by atoms with Crippen molar-refractivity contribution in [2.24, 2.45) is 0 Å². The molecule has 0 saturated carbocycles. The molecule has 0 heteroatoms. The highest BCUT2D eigenvalue weighted by Crippen LogP contribution is 2.28. The number of hydrogen-bond donors (Lipinski definition) is 0. The second-order valence-electron chi connectivity index (χ2n) is 4.21. The lowest BCUT2D eigenvalue weighted by Gasteiger charge is -2.19. The number of benzene rings is 1. The van der Waals surface area contributed by atoms with Crippen LogP contribution in [-0.2, 0) is 12.8 Å². The van der Waals surface area contributed by atoms with Gasteiger partial charge in [0, 0.05) is 0 Å². The van der Waals surface area contributed by atoms with Crippen molar-refractivity contribution in [3.05, 3.63) is 70.8 Å². The third kappa shape index (κ3) is 1.56. The fraction of sp³-hybridized carbons (Fsp3) is 0.200. The van der Waals surface area contributed by atoms with Crippen molar-refractivity contribution in [3.8, 4) is 0 Å². The van der Waals surface area contributed by atoms with Crippen LogP contribution >= 0.6 is 0 Å². The van der Waals surface area contributed by atoms with Gasteiger partial charge in [0.15, 0.2) is 0 Å². The molecule has 0 N–H and O–H groups in total. The topological polar surface area (TPSA) is 0 Å². The molecule has 0 fully saturated rings. The fourth-order valence-electron chi connectivity index (χ4n) is 2.37. The zero-order chi connectivity index (χ0) is 10.1. The van der Waals surface area contributed by atoms with E-state index in [1.165, 1.54) is 22.3 Å². The summed E-state index contributed by atoms with van der Waals surface area (Å²) in [7, 11) is 0. The lowest BCUT2D eigenvalue weighted by molar-refractivity contribution is 1.01. The summed E-state index contributed by atoms with van der Waals surface area (Å²) in [5.74, 6) is 0. The molecule has 74 valence electrons. The van der Waals surface area contributed by atoms with Gasteiger partial charge in [-0.3, -0.25) is 0 Å². The minimum atomic E-state index is 1.07. The molecule has 3 rings (SSSR count). The number of rotatable bonds is 0. The Labute approximate surface area is 90.6 Å². The second kappa shape index (κ2) is 3.54. The van der Waals surface area contributed by atoms with Crippen LogP contribution in [0.1, 0.15) is 17.5 Å². The van der Waals surface area contributed by atoms with E-state index in [-0.39, 0.29) is 0 Å². The largest absolute Gasteiger partial charge is 0.0804 e. The van der Waals surface area contributed by atoms with Gasteiger partial charge >= 0.3 is 0 Å². The highest BCUT2D eigenvalue weighted by Gasteiger charge is 2.14. The zero-order valence-electron chi connectivity index (χ0n) is 8.74. The molecule has 0 radical (unpaired) electrons. The van der Waals surface area contributed by atoms with Crippen LogP contribution in [0, 0.1) is 0 Å². The molecule has 2 aliphatic rings. The highest BCUT2D eigenvalue weighted by molar-refractivity contribution is 5.48. The van der Waals surface area contributed by atoms with Crippen LogP contribution in [0.4, 0.5) is 0 Å². The van der Waals surface area contributed by atoms with Gasteiger partial charge in [0.25, 0.3) is 0 Å². The summed E-state index contributed by atoms with van der Waals surface area (Å²) in [4.78, 5) is 0. The van der Waals surface area contributed by atoms with Crippen molar-refractivity contribution < 1.29 is 0 Å². The Bertz CT molecular complexity index is 430. The Kier molecular flexibility index (Phi) is 2.06. The van der Waals surface area contributed by atoms with Gasteiger partial charge in [-0.1, -0.05) is 48.6 Å². The summed E-state index contributed by atoms with van der Waals surface area (Å²) in [6.45, 7) is 0. The minimum absolute atomic E-state index is 1.07. The van der Waals surface area contributed by atoms with Crippen molar-refractivity contribution in [1.29, 1.82) is 0 Å². The Morgan fingerprint density at radius 1 is 0.733 bits per heavy atom. The molecular weight excluding hydrogens is 180 g/mol. The van der Waals surface area contributed by atoms with Crippen molar-refractivity contribution in [2.45, 2.75) is 19.3 Å². The maximum Gasteiger partial charge on any atom is -0.00202 e. The van der Waals surface area contributed by atoms with E-state index in [2.05, 4.69) is 48.6 Å². The zero-order valence-corrected chi connectivity index (χ0v) is 8.74. The maximum atomic E-state index is 2.30. The molecule has 1 aromatic rings. The fourth-order valence-corrected chi connectivity index (χ4v) is 2.37. The standard InChI is InChI=1S/C15H14/c1-2-6-12-10-14-8-4-5-9-15(14)11-13(12)7-3-1/h2-9H,1,10-11H2. The molecular formula is C15H14. The van der Waals surface area contributed by atoms with Crippen LogP contribution in [-0.4, -0.2) is 0 Å². The first-order valence-corrected chi connectivity index (χ1v) is 5.55. The van der Waals surface area contributed by atoms with Crippen molar-refractivity contribution in [3.63, 3.8) is 0 Å². The Morgan fingerprint density at radius 3 is 1.80 bits per heavy atom. The van der Waals surface area contributed by atoms with Crippen LogP contribution in [0.5, 0.6) is 0 Å². The van der Waals surface area contributed by atoms with Crippen LogP contribution in [0.15, 0.2) is 59.7 Å². The summed E-state index contributed by atoms with van der Waals surface area (Å²) in [6.07, 6.45) is 12.4. The highest BCUT2D eigenvalue weighted by atomic mass is 14.2. The average molecular weight is 194 g/mol. The summed E-state index contributed by atoms with van der Waals surface area (Å²) >= 11 is 0. The molecule has 0 bridgehead atoms. The summed E-state index contributed by atoms with van der Waals surface area (Å²) in [6, 6.07) is 8.78. The van der Waals surface area contributed by atoms with Crippen molar-refractivity contribution in [1.82, 2.24) is 0 Å². The SMILES string of the molecule is C1=CC2=C(C=CC1)Cc1ccccc1C2. The van der Waals surface area contributed by atoms with Crippen LogP contribution < -0.4 is 0 Å². The first-order valence-electron chi connectivity index (χ1n) is 5.55. The van der Waals surface area contributed by atoms with Crippen molar-refractivity contribution in [2.75, 3.05) is 0 Å². The van der Waals surface area contributed by atoms with Gasteiger partial charge in [-0.15, -0.1) is 0 Å². The normalized spacial score (nSPS) is 18.4. The monoisotopic (exact) mass is 194 g/mol. The van der Waals surface area contributed by atoms with E-state index < -0.39 is 0 Å². The van der Waals surface area contributed by atoms with Crippen LogP contribution in [0.25, 0.3) is 0 Å². The molecule has 1 aromatic carbocycles. The van der Waals surface area contributed by atoms with Gasteiger partial charge in [-0.05, 0) is 41.5 Å². The van der Waals surface area contributed by atoms with Gasteiger partial charge < -0.3 is 0 Å². The van der Waals surface area contributed by atoms with E-state index in [0.29, 0.717) is 0 Å². The first kappa shape index (κ1) is 8.72. The van der Waals surface area contributed by atoms with Gasteiger partial charge in [-0.2, -0.15) is 0 Å². The van der Waals surface area contributed by atoms with E-state index in [1.54, 1.807) is 0 Å². The Hall–Kier alpha value is -1.56. The summed E-state index contributed by atoms with van der Waals surface area (Å²) in [5.41, 5.74) is 6.00. The van der Waals surface area contributed by atoms with Gasteiger partial charge in [-0.25, -0.2) is 0 Å². The van der Waals surface area contributed by atoms with E-state index in [4.69, 9.17) is 0 Å². The number of fused-ring (bicyclic) bond motifs is 1. The molecule has 0 nitrogen and oxygen atoms in total. The minimum Gasteiger partial charge on any atom is -0.0804 e. The molecule has 0 saturated heterocycles. The molecule has 0 heterocycles. The molecule has 0 aliphatic heterocycles. The van der Waals surface area contributed by atoms with E-state index >= 15 is 0 Å². The van der Waals surface area contributed by atoms with Gasteiger partial charge in [0.1, 0.15) is 0 Å². The molecule has 2 aliphatic carbocycles. The van der Waals surface area contributed by atoms with Gasteiger partial charge in [0.05, 0.1) is 0 Å². The second-order valence-corrected chi connectivity index (χ2v) is 4.21. The van der Waals surface area contributed by atoms with E-state index in [1.807, 2.05) is 0 Å². The molecule has 0 aromatic heterocycles. The smallest absolute Gasteiger partial charge is 0.00202 e. The lowest BCUT2D eigenvalue weighted by Crippen LogP contribution is -2.06. The third-order valence-corrected chi connectivity index (χ3v) is 3.20. The molecule has 0 amide bonds. The summed E-state index contributed by atoms with van der Waals surface area (Å²) < 4.78 is 0. The Morgan fingerprint density at radius 2 is 1.27 bits per heavy atom. The predicted molar refractivity (Wildman–Crippen MR) is 63.8 cm³/mol. The van der Waals surface area contributed by atoms with E-state index in [0.717, 1.165) is 19.3 Å².